The van der Waals surface area contributed by atoms with Gasteiger partial charge in [0.2, 0.25) is 0 Å². The van der Waals surface area contributed by atoms with Crippen molar-refractivity contribution in [1.29, 1.82) is 5.26 Å². The summed E-state index contributed by atoms with van der Waals surface area (Å²) in [6, 6.07) is 13.0. The highest BCUT2D eigenvalue weighted by Crippen LogP contribution is 2.36. The molecule has 1 atom stereocenters. The zero-order chi connectivity index (χ0) is 13.0. The Labute approximate surface area is 110 Å². The molecule has 0 spiro atoms. The molecule has 96 valence electrons. The van der Waals surface area contributed by atoms with Crippen LogP contribution < -0.4 is 0 Å². The van der Waals surface area contributed by atoms with E-state index in [4.69, 9.17) is 5.26 Å². The van der Waals surface area contributed by atoms with Gasteiger partial charge in [0, 0.05) is 18.5 Å². The Kier molecular flexibility index (Phi) is 4.04. The summed E-state index contributed by atoms with van der Waals surface area (Å²) in [6.07, 6.45) is 2.95. The maximum atomic E-state index is 8.88. The van der Waals surface area contributed by atoms with E-state index in [9.17, 15) is 0 Å². The summed E-state index contributed by atoms with van der Waals surface area (Å²) in [6.45, 7) is 6.80. The molecule has 18 heavy (non-hydrogen) atoms. The van der Waals surface area contributed by atoms with Crippen LogP contribution in [0.1, 0.15) is 32.3 Å². The molecule has 1 aliphatic heterocycles. The highest BCUT2D eigenvalue weighted by molar-refractivity contribution is 5.15. The van der Waals surface area contributed by atoms with E-state index in [0.29, 0.717) is 12.3 Å². The number of rotatable bonds is 4. The minimum atomic E-state index is 0.171. The topological polar surface area (TPSA) is 27.0 Å². The molecule has 2 heteroatoms. The SMILES string of the molecule is CC1(C)C(CC#N)CCN1CCc1ccccc1. The van der Waals surface area contributed by atoms with Crippen LogP contribution in [0.25, 0.3) is 0 Å². The molecular formula is C16H22N2. The van der Waals surface area contributed by atoms with Crippen molar-refractivity contribution in [3.8, 4) is 6.07 Å². The van der Waals surface area contributed by atoms with Crippen molar-refractivity contribution in [1.82, 2.24) is 4.90 Å². The molecule has 0 radical (unpaired) electrons. The normalized spacial score (nSPS) is 22.8. The number of likely N-dealkylation sites (tertiary alicyclic amines) is 1. The van der Waals surface area contributed by atoms with E-state index < -0.39 is 0 Å². The molecule has 1 aliphatic rings. The van der Waals surface area contributed by atoms with Gasteiger partial charge in [0.1, 0.15) is 0 Å². The van der Waals surface area contributed by atoms with Crippen molar-refractivity contribution in [3.05, 3.63) is 35.9 Å². The lowest BCUT2D eigenvalue weighted by Crippen LogP contribution is -2.43. The predicted molar refractivity (Wildman–Crippen MR) is 74.1 cm³/mol. The molecule has 1 heterocycles. The van der Waals surface area contributed by atoms with Gasteiger partial charge in [-0.3, -0.25) is 4.90 Å². The summed E-state index contributed by atoms with van der Waals surface area (Å²) in [5.41, 5.74) is 1.57. The smallest absolute Gasteiger partial charge is 0.0625 e. The van der Waals surface area contributed by atoms with Gasteiger partial charge in [0.25, 0.3) is 0 Å². The van der Waals surface area contributed by atoms with E-state index in [1.54, 1.807) is 0 Å². The van der Waals surface area contributed by atoms with E-state index in [1.807, 2.05) is 0 Å². The van der Waals surface area contributed by atoms with Crippen LogP contribution >= 0.6 is 0 Å². The summed E-state index contributed by atoms with van der Waals surface area (Å²) in [7, 11) is 0. The Bertz CT molecular complexity index is 416. The summed E-state index contributed by atoms with van der Waals surface area (Å²) in [5, 5.41) is 8.88. The molecule has 1 unspecified atom stereocenters. The van der Waals surface area contributed by atoms with E-state index in [2.05, 4.69) is 55.1 Å². The molecule has 1 aromatic carbocycles. The lowest BCUT2D eigenvalue weighted by molar-refractivity contribution is 0.141. The maximum Gasteiger partial charge on any atom is 0.0625 e. The second kappa shape index (κ2) is 5.54. The Morgan fingerprint density at radius 2 is 2.06 bits per heavy atom. The highest BCUT2D eigenvalue weighted by Gasteiger charge is 2.40. The zero-order valence-corrected chi connectivity index (χ0v) is 11.4. The molecule has 0 aromatic heterocycles. The summed E-state index contributed by atoms with van der Waals surface area (Å²) >= 11 is 0. The molecule has 0 N–H and O–H groups in total. The third-order valence-electron chi connectivity index (χ3n) is 4.41. The van der Waals surface area contributed by atoms with Gasteiger partial charge in [-0.15, -0.1) is 0 Å². The molecule has 0 amide bonds. The molecule has 1 saturated heterocycles. The van der Waals surface area contributed by atoms with Crippen LogP contribution in [0.4, 0.5) is 0 Å². The first-order chi connectivity index (χ1) is 8.64. The van der Waals surface area contributed by atoms with Crippen LogP contribution in [0.5, 0.6) is 0 Å². The third kappa shape index (κ3) is 2.73. The molecule has 2 rings (SSSR count). The van der Waals surface area contributed by atoms with Crippen LogP contribution in [0.15, 0.2) is 30.3 Å². The first kappa shape index (κ1) is 13.1. The summed E-state index contributed by atoms with van der Waals surface area (Å²) < 4.78 is 0. The lowest BCUT2D eigenvalue weighted by Gasteiger charge is -2.35. The third-order valence-corrected chi connectivity index (χ3v) is 4.41. The van der Waals surface area contributed by atoms with Gasteiger partial charge in [-0.2, -0.15) is 5.26 Å². The maximum absolute atomic E-state index is 8.88. The van der Waals surface area contributed by atoms with Gasteiger partial charge >= 0.3 is 0 Å². The van der Waals surface area contributed by atoms with Crippen molar-refractivity contribution >= 4 is 0 Å². The number of hydrogen-bond donors (Lipinski definition) is 0. The van der Waals surface area contributed by atoms with Crippen molar-refractivity contribution in [2.24, 2.45) is 5.92 Å². The average Bonchev–Trinajstić information content (AvgIpc) is 2.64. The molecule has 0 saturated carbocycles. The molecular weight excluding hydrogens is 220 g/mol. The molecule has 0 aliphatic carbocycles. The van der Waals surface area contributed by atoms with Crippen LogP contribution in [0.2, 0.25) is 0 Å². The van der Waals surface area contributed by atoms with E-state index in [0.717, 1.165) is 25.9 Å². The first-order valence-corrected chi connectivity index (χ1v) is 6.80. The van der Waals surface area contributed by atoms with Gasteiger partial charge in [0.15, 0.2) is 0 Å². The number of nitriles is 1. The zero-order valence-electron chi connectivity index (χ0n) is 11.4. The van der Waals surface area contributed by atoms with E-state index >= 15 is 0 Å². The molecule has 1 aromatic rings. The van der Waals surface area contributed by atoms with Crippen LogP contribution in [-0.2, 0) is 6.42 Å². The quantitative estimate of drug-likeness (QED) is 0.810. The number of nitrogens with zero attached hydrogens (tertiary/aromatic N) is 2. The number of benzene rings is 1. The van der Waals surface area contributed by atoms with Crippen LogP contribution in [0, 0.1) is 17.2 Å². The largest absolute Gasteiger partial charge is 0.298 e. The van der Waals surface area contributed by atoms with Crippen molar-refractivity contribution < 1.29 is 0 Å². The number of hydrogen-bond acceptors (Lipinski definition) is 2. The van der Waals surface area contributed by atoms with Crippen molar-refractivity contribution in [3.63, 3.8) is 0 Å². The fraction of sp³-hybridized carbons (Fsp3) is 0.562. The predicted octanol–water partition coefficient (Wildman–Crippen LogP) is 3.24. The van der Waals surface area contributed by atoms with Gasteiger partial charge in [-0.25, -0.2) is 0 Å². The Balaban J connectivity index is 1.93. The highest BCUT2D eigenvalue weighted by atomic mass is 15.2. The monoisotopic (exact) mass is 242 g/mol. The van der Waals surface area contributed by atoms with E-state index in [-0.39, 0.29) is 5.54 Å². The minimum absolute atomic E-state index is 0.171. The summed E-state index contributed by atoms with van der Waals surface area (Å²) in [4.78, 5) is 2.54. The average molecular weight is 242 g/mol. The first-order valence-electron chi connectivity index (χ1n) is 6.80. The van der Waals surface area contributed by atoms with Gasteiger partial charge < -0.3 is 0 Å². The van der Waals surface area contributed by atoms with Crippen molar-refractivity contribution in [2.75, 3.05) is 13.1 Å². The lowest BCUT2D eigenvalue weighted by atomic mass is 9.86. The Hall–Kier alpha value is -1.33. The van der Waals surface area contributed by atoms with Crippen LogP contribution in [0.3, 0.4) is 0 Å². The Morgan fingerprint density at radius 1 is 1.33 bits per heavy atom. The second-order valence-electron chi connectivity index (χ2n) is 5.72. The van der Waals surface area contributed by atoms with Gasteiger partial charge in [0.05, 0.1) is 6.07 Å². The molecule has 2 nitrogen and oxygen atoms in total. The van der Waals surface area contributed by atoms with Crippen molar-refractivity contribution in [2.45, 2.75) is 38.6 Å². The standard InChI is InChI=1S/C16H22N2/c1-16(2)15(8-11-17)10-13-18(16)12-9-14-6-4-3-5-7-14/h3-7,15H,8-10,12-13H2,1-2H3. The van der Waals surface area contributed by atoms with E-state index in [1.165, 1.54) is 5.56 Å². The second-order valence-corrected chi connectivity index (χ2v) is 5.72. The molecule has 1 fully saturated rings. The fourth-order valence-electron chi connectivity index (χ4n) is 2.98. The fourth-order valence-corrected chi connectivity index (χ4v) is 2.98. The minimum Gasteiger partial charge on any atom is -0.298 e. The van der Waals surface area contributed by atoms with Gasteiger partial charge in [-0.1, -0.05) is 30.3 Å². The van der Waals surface area contributed by atoms with Crippen LogP contribution in [-0.4, -0.2) is 23.5 Å². The molecule has 0 bridgehead atoms. The Morgan fingerprint density at radius 3 is 2.72 bits per heavy atom. The van der Waals surface area contributed by atoms with Gasteiger partial charge in [-0.05, 0) is 44.7 Å². The summed E-state index contributed by atoms with van der Waals surface area (Å²) in [5.74, 6) is 0.526.